The first-order chi connectivity index (χ1) is 6.25. The standard InChI is InChI=1S/C9H15N3O/c1-11-4-2-3-8(6-11)12-7-9(13)5-10-12/h5,7-8,13H,2-4,6H2,1H3. The molecule has 4 nitrogen and oxygen atoms in total. The number of rotatable bonds is 1. The Morgan fingerprint density at radius 1 is 1.62 bits per heavy atom. The topological polar surface area (TPSA) is 41.3 Å². The van der Waals surface area contributed by atoms with E-state index in [0.29, 0.717) is 6.04 Å². The summed E-state index contributed by atoms with van der Waals surface area (Å²) in [6.07, 6.45) is 5.56. The molecule has 13 heavy (non-hydrogen) atoms. The van der Waals surface area contributed by atoms with Crippen molar-refractivity contribution in [3.63, 3.8) is 0 Å². The van der Waals surface area contributed by atoms with Gasteiger partial charge in [-0.3, -0.25) is 4.68 Å². The predicted octanol–water partition coefficient (Wildman–Crippen LogP) is 0.855. The van der Waals surface area contributed by atoms with Gasteiger partial charge in [-0.05, 0) is 26.4 Å². The van der Waals surface area contributed by atoms with Gasteiger partial charge in [0.05, 0.1) is 18.4 Å². The van der Waals surface area contributed by atoms with Crippen molar-refractivity contribution in [2.45, 2.75) is 18.9 Å². The lowest BCUT2D eigenvalue weighted by molar-refractivity contribution is 0.202. The Bertz CT molecular complexity index is 284. The average molecular weight is 181 g/mol. The summed E-state index contributed by atoms with van der Waals surface area (Å²) >= 11 is 0. The Hall–Kier alpha value is -1.03. The second-order valence-corrected chi connectivity index (χ2v) is 3.74. The average Bonchev–Trinajstić information content (AvgIpc) is 2.52. The van der Waals surface area contributed by atoms with Gasteiger partial charge in [0.15, 0.2) is 5.75 Å². The maximum Gasteiger partial charge on any atom is 0.153 e. The highest BCUT2D eigenvalue weighted by Gasteiger charge is 2.19. The van der Waals surface area contributed by atoms with E-state index in [0.717, 1.165) is 13.0 Å². The number of likely N-dealkylation sites (N-methyl/N-ethyl adjacent to an activating group) is 1. The fourth-order valence-electron chi connectivity index (χ4n) is 1.88. The summed E-state index contributed by atoms with van der Waals surface area (Å²) in [4.78, 5) is 2.30. The summed E-state index contributed by atoms with van der Waals surface area (Å²) in [7, 11) is 2.12. The van der Waals surface area contributed by atoms with Gasteiger partial charge in [-0.15, -0.1) is 0 Å². The van der Waals surface area contributed by atoms with Crippen molar-refractivity contribution in [3.05, 3.63) is 12.4 Å². The molecule has 1 N–H and O–H groups in total. The monoisotopic (exact) mass is 181 g/mol. The smallest absolute Gasteiger partial charge is 0.153 e. The highest BCUT2D eigenvalue weighted by molar-refractivity contribution is 5.09. The van der Waals surface area contributed by atoms with Crippen molar-refractivity contribution in [2.75, 3.05) is 20.1 Å². The zero-order chi connectivity index (χ0) is 9.26. The van der Waals surface area contributed by atoms with E-state index in [-0.39, 0.29) is 5.75 Å². The van der Waals surface area contributed by atoms with Gasteiger partial charge in [0.2, 0.25) is 0 Å². The lowest BCUT2D eigenvalue weighted by Gasteiger charge is -2.29. The summed E-state index contributed by atoms with van der Waals surface area (Å²) in [6.45, 7) is 2.20. The number of nitrogens with zero attached hydrogens (tertiary/aromatic N) is 3. The van der Waals surface area contributed by atoms with Gasteiger partial charge in [-0.25, -0.2) is 0 Å². The zero-order valence-corrected chi connectivity index (χ0v) is 7.85. The van der Waals surface area contributed by atoms with E-state index in [1.165, 1.54) is 19.2 Å². The lowest BCUT2D eigenvalue weighted by atomic mass is 10.1. The molecule has 2 rings (SSSR count). The second kappa shape index (κ2) is 3.38. The fourth-order valence-corrected chi connectivity index (χ4v) is 1.88. The third-order valence-electron chi connectivity index (χ3n) is 2.56. The minimum atomic E-state index is 0.258. The number of piperidine rings is 1. The third kappa shape index (κ3) is 1.83. The van der Waals surface area contributed by atoms with Crippen LogP contribution in [0.2, 0.25) is 0 Å². The zero-order valence-electron chi connectivity index (χ0n) is 7.85. The van der Waals surface area contributed by atoms with Crippen LogP contribution in [0.5, 0.6) is 5.75 Å². The van der Waals surface area contributed by atoms with Crippen LogP contribution < -0.4 is 0 Å². The molecule has 2 heterocycles. The number of hydrogen-bond donors (Lipinski definition) is 1. The Kier molecular flexibility index (Phi) is 2.22. The molecule has 0 aliphatic carbocycles. The molecule has 0 amide bonds. The minimum Gasteiger partial charge on any atom is -0.505 e. The van der Waals surface area contributed by atoms with Gasteiger partial charge < -0.3 is 10.0 Å². The quantitative estimate of drug-likeness (QED) is 0.698. The normalized spacial score (nSPS) is 24.8. The van der Waals surface area contributed by atoms with Crippen molar-refractivity contribution in [1.29, 1.82) is 0 Å². The Morgan fingerprint density at radius 3 is 3.08 bits per heavy atom. The van der Waals surface area contributed by atoms with Gasteiger partial charge in [0.1, 0.15) is 0 Å². The van der Waals surface area contributed by atoms with Gasteiger partial charge in [0.25, 0.3) is 0 Å². The molecule has 0 saturated carbocycles. The molecule has 0 bridgehead atoms. The summed E-state index contributed by atoms with van der Waals surface area (Å²) in [5, 5.41) is 13.3. The van der Waals surface area contributed by atoms with E-state index in [4.69, 9.17) is 5.11 Å². The number of aromatic nitrogens is 2. The van der Waals surface area contributed by atoms with Crippen LogP contribution in [0.3, 0.4) is 0 Å². The van der Waals surface area contributed by atoms with Gasteiger partial charge in [-0.2, -0.15) is 5.10 Å². The molecule has 0 radical (unpaired) electrons. The highest BCUT2D eigenvalue weighted by Crippen LogP contribution is 2.21. The molecule has 0 aromatic carbocycles. The molecule has 4 heteroatoms. The molecular weight excluding hydrogens is 166 g/mol. The van der Waals surface area contributed by atoms with Gasteiger partial charge >= 0.3 is 0 Å². The number of aromatic hydroxyl groups is 1. The highest BCUT2D eigenvalue weighted by atomic mass is 16.3. The van der Waals surface area contributed by atoms with Gasteiger partial charge in [-0.1, -0.05) is 0 Å². The molecule has 72 valence electrons. The lowest BCUT2D eigenvalue weighted by Crippen LogP contribution is -2.33. The van der Waals surface area contributed by atoms with Crippen molar-refractivity contribution in [3.8, 4) is 5.75 Å². The van der Waals surface area contributed by atoms with Crippen molar-refractivity contribution < 1.29 is 5.11 Å². The fraction of sp³-hybridized carbons (Fsp3) is 0.667. The first-order valence-electron chi connectivity index (χ1n) is 4.67. The molecular formula is C9H15N3O. The van der Waals surface area contributed by atoms with E-state index in [9.17, 15) is 0 Å². The molecule has 1 atom stereocenters. The van der Waals surface area contributed by atoms with Crippen LogP contribution in [0.4, 0.5) is 0 Å². The molecule has 1 unspecified atom stereocenters. The van der Waals surface area contributed by atoms with E-state index in [1.54, 1.807) is 6.20 Å². The molecule has 1 saturated heterocycles. The largest absolute Gasteiger partial charge is 0.505 e. The Morgan fingerprint density at radius 2 is 2.46 bits per heavy atom. The van der Waals surface area contributed by atoms with Crippen LogP contribution >= 0.6 is 0 Å². The van der Waals surface area contributed by atoms with E-state index in [2.05, 4.69) is 17.0 Å². The van der Waals surface area contributed by atoms with Crippen LogP contribution in [-0.4, -0.2) is 39.9 Å². The third-order valence-corrected chi connectivity index (χ3v) is 2.56. The summed E-state index contributed by atoms with van der Waals surface area (Å²) in [6, 6.07) is 0.430. The first-order valence-corrected chi connectivity index (χ1v) is 4.67. The van der Waals surface area contributed by atoms with Crippen molar-refractivity contribution >= 4 is 0 Å². The second-order valence-electron chi connectivity index (χ2n) is 3.74. The van der Waals surface area contributed by atoms with E-state index >= 15 is 0 Å². The van der Waals surface area contributed by atoms with Crippen molar-refractivity contribution in [2.24, 2.45) is 0 Å². The maximum atomic E-state index is 9.15. The summed E-state index contributed by atoms with van der Waals surface area (Å²) < 4.78 is 1.87. The molecule has 1 fully saturated rings. The molecule has 1 aromatic heterocycles. The summed E-state index contributed by atoms with van der Waals surface area (Å²) in [5.74, 6) is 0.258. The molecule has 1 aliphatic heterocycles. The first kappa shape index (κ1) is 8.56. The van der Waals surface area contributed by atoms with Gasteiger partial charge in [0, 0.05) is 6.54 Å². The maximum absolute atomic E-state index is 9.15. The SMILES string of the molecule is CN1CCCC(n2cc(O)cn2)C1. The van der Waals surface area contributed by atoms with Crippen LogP contribution in [0.25, 0.3) is 0 Å². The van der Waals surface area contributed by atoms with Crippen molar-refractivity contribution in [1.82, 2.24) is 14.7 Å². The molecule has 0 spiro atoms. The van der Waals surface area contributed by atoms with Crippen LogP contribution in [0.1, 0.15) is 18.9 Å². The van der Waals surface area contributed by atoms with Crippen LogP contribution in [0, 0.1) is 0 Å². The number of hydrogen-bond acceptors (Lipinski definition) is 3. The minimum absolute atomic E-state index is 0.258. The summed E-state index contributed by atoms with van der Waals surface area (Å²) in [5.41, 5.74) is 0. The predicted molar refractivity (Wildman–Crippen MR) is 49.7 cm³/mol. The Balaban J connectivity index is 2.08. The van der Waals surface area contributed by atoms with E-state index < -0.39 is 0 Å². The van der Waals surface area contributed by atoms with Crippen LogP contribution in [0.15, 0.2) is 12.4 Å². The van der Waals surface area contributed by atoms with Crippen LogP contribution in [-0.2, 0) is 0 Å². The van der Waals surface area contributed by atoms with E-state index in [1.807, 2.05) is 4.68 Å². The molecule has 1 aromatic rings. The molecule has 1 aliphatic rings. The number of likely N-dealkylation sites (tertiary alicyclic amines) is 1. The Labute approximate surface area is 77.8 Å².